The molecule has 1 amide bonds. The molecular weight excluding hydrogens is 317 g/mol. The number of amides is 1. The highest BCUT2D eigenvalue weighted by Crippen LogP contribution is 2.08. The number of carbonyl (C=O) groups is 1. The van der Waals surface area contributed by atoms with Gasteiger partial charge in [-0.05, 0) is 46.9 Å². The molecular formula is C11H8IN3O. The van der Waals surface area contributed by atoms with Crippen LogP contribution in [0.4, 0.5) is 5.82 Å². The number of hydrogen-bond donors (Lipinski definition) is 1. The van der Waals surface area contributed by atoms with Crippen LogP contribution in [-0.2, 0) is 0 Å². The largest absolute Gasteiger partial charge is 0.305 e. The van der Waals surface area contributed by atoms with Gasteiger partial charge in [0.2, 0.25) is 0 Å². The highest BCUT2D eigenvalue weighted by molar-refractivity contribution is 14.1. The summed E-state index contributed by atoms with van der Waals surface area (Å²) in [6, 6.07) is 7.30. The number of anilines is 1. The molecule has 1 N–H and O–H groups in total. The minimum atomic E-state index is -0.183. The number of hydrogen-bond acceptors (Lipinski definition) is 3. The third kappa shape index (κ3) is 2.75. The molecule has 1 aromatic heterocycles. The fraction of sp³-hybridized carbons (Fsp3) is 0. The molecule has 0 aliphatic rings. The minimum absolute atomic E-state index is 0.183. The predicted octanol–water partition coefficient (Wildman–Crippen LogP) is 2.33. The SMILES string of the molecule is O=C(Nc1cnccn1)c1ccc(I)cc1. The van der Waals surface area contributed by atoms with Gasteiger partial charge in [0.1, 0.15) is 0 Å². The molecule has 0 atom stereocenters. The summed E-state index contributed by atoms with van der Waals surface area (Å²) in [5.41, 5.74) is 0.603. The van der Waals surface area contributed by atoms with Crippen LogP contribution >= 0.6 is 22.6 Å². The molecule has 0 aliphatic carbocycles. The number of rotatable bonds is 2. The minimum Gasteiger partial charge on any atom is -0.305 e. The average molecular weight is 325 g/mol. The Kier molecular flexibility index (Phi) is 3.45. The van der Waals surface area contributed by atoms with Crippen molar-refractivity contribution in [1.29, 1.82) is 0 Å². The second kappa shape index (κ2) is 5.02. The van der Waals surface area contributed by atoms with Crippen molar-refractivity contribution in [2.45, 2.75) is 0 Å². The van der Waals surface area contributed by atoms with E-state index in [1.54, 1.807) is 18.3 Å². The van der Waals surface area contributed by atoms with Crippen LogP contribution in [0.15, 0.2) is 42.9 Å². The Morgan fingerprint density at radius 3 is 2.56 bits per heavy atom. The maximum atomic E-state index is 11.7. The average Bonchev–Trinajstić information content (AvgIpc) is 2.31. The van der Waals surface area contributed by atoms with E-state index in [0.29, 0.717) is 11.4 Å². The number of benzene rings is 1. The molecule has 0 aliphatic heterocycles. The Labute approximate surface area is 106 Å². The summed E-state index contributed by atoms with van der Waals surface area (Å²) >= 11 is 2.19. The second-order valence-electron chi connectivity index (χ2n) is 3.05. The number of halogens is 1. The highest BCUT2D eigenvalue weighted by Gasteiger charge is 2.05. The lowest BCUT2D eigenvalue weighted by Gasteiger charge is -2.03. The molecule has 5 heteroatoms. The van der Waals surface area contributed by atoms with Crippen LogP contribution in [0.1, 0.15) is 10.4 Å². The number of aromatic nitrogens is 2. The highest BCUT2D eigenvalue weighted by atomic mass is 127. The molecule has 0 bridgehead atoms. The van der Waals surface area contributed by atoms with Crippen LogP contribution in [0.2, 0.25) is 0 Å². The Morgan fingerprint density at radius 2 is 1.94 bits per heavy atom. The molecule has 0 fully saturated rings. The van der Waals surface area contributed by atoms with Crippen LogP contribution in [0.25, 0.3) is 0 Å². The van der Waals surface area contributed by atoms with Gasteiger partial charge in [-0.1, -0.05) is 0 Å². The summed E-state index contributed by atoms with van der Waals surface area (Å²) in [6.45, 7) is 0. The monoisotopic (exact) mass is 325 g/mol. The maximum Gasteiger partial charge on any atom is 0.256 e. The molecule has 0 saturated heterocycles. The topological polar surface area (TPSA) is 54.9 Å². The molecule has 0 saturated carbocycles. The normalized spacial score (nSPS) is 9.81. The zero-order chi connectivity index (χ0) is 11.4. The summed E-state index contributed by atoms with van der Waals surface area (Å²) in [6.07, 6.45) is 4.59. The summed E-state index contributed by atoms with van der Waals surface area (Å²) in [4.78, 5) is 19.6. The third-order valence-corrected chi connectivity index (χ3v) is 2.63. The fourth-order valence-corrected chi connectivity index (χ4v) is 1.51. The van der Waals surface area contributed by atoms with Crippen LogP contribution in [0, 0.1) is 3.57 Å². The van der Waals surface area contributed by atoms with Crippen LogP contribution < -0.4 is 5.32 Å². The van der Waals surface area contributed by atoms with Gasteiger partial charge in [0, 0.05) is 21.5 Å². The van der Waals surface area contributed by atoms with Crippen molar-refractivity contribution in [2.75, 3.05) is 5.32 Å². The Bertz CT molecular complexity index is 484. The molecule has 1 aromatic carbocycles. The first kappa shape index (κ1) is 11.0. The van der Waals surface area contributed by atoms with Crippen molar-refractivity contribution in [1.82, 2.24) is 9.97 Å². The van der Waals surface area contributed by atoms with Crippen LogP contribution in [-0.4, -0.2) is 15.9 Å². The van der Waals surface area contributed by atoms with E-state index in [2.05, 4.69) is 37.9 Å². The molecule has 4 nitrogen and oxygen atoms in total. The smallest absolute Gasteiger partial charge is 0.256 e. The molecule has 2 rings (SSSR count). The van der Waals surface area contributed by atoms with Gasteiger partial charge in [0.25, 0.3) is 5.91 Å². The van der Waals surface area contributed by atoms with Gasteiger partial charge in [-0.2, -0.15) is 0 Å². The van der Waals surface area contributed by atoms with Crippen molar-refractivity contribution < 1.29 is 4.79 Å². The van der Waals surface area contributed by atoms with E-state index in [4.69, 9.17) is 0 Å². The number of carbonyl (C=O) groups excluding carboxylic acids is 1. The molecule has 80 valence electrons. The predicted molar refractivity (Wildman–Crippen MR) is 69.1 cm³/mol. The van der Waals surface area contributed by atoms with E-state index >= 15 is 0 Å². The van der Waals surface area contributed by atoms with Crippen molar-refractivity contribution in [2.24, 2.45) is 0 Å². The quantitative estimate of drug-likeness (QED) is 0.863. The number of nitrogens with one attached hydrogen (secondary N) is 1. The van der Waals surface area contributed by atoms with Crippen molar-refractivity contribution in [3.05, 3.63) is 52.0 Å². The van der Waals surface area contributed by atoms with E-state index in [9.17, 15) is 4.79 Å². The van der Waals surface area contributed by atoms with Gasteiger partial charge in [0.15, 0.2) is 5.82 Å². The summed E-state index contributed by atoms with van der Waals surface area (Å²) in [5, 5.41) is 2.66. The van der Waals surface area contributed by atoms with Gasteiger partial charge in [-0.25, -0.2) is 4.98 Å². The molecule has 0 spiro atoms. The lowest BCUT2D eigenvalue weighted by molar-refractivity contribution is 0.102. The van der Waals surface area contributed by atoms with E-state index < -0.39 is 0 Å². The van der Waals surface area contributed by atoms with Crippen molar-refractivity contribution >= 4 is 34.3 Å². The maximum absolute atomic E-state index is 11.7. The second-order valence-corrected chi connectivity index (χ2v) is 4.30. The Hall–Kier alpha value is -1.50. The van der Waals surface area contributed by atoms with E-state index in [-0.39, 0.29) is 5.91 Å². The first-order valence-electron chi connectivity index (χ1n) is 4.58. The molecule has 2 aromatic rings. The lowest BCUT2D eigenvalue weighted by atomic mass is 10.2. The molecule has 16 heavy (non-hydrogen) atoms. The molecule has 0 radical (unpaired) electrons. The zero-order valence-electron chi connectivity index (χ0n) is 8.22. The summed E-state index contributed by atoms with van der Waals surface area (Å²) in [7, 11) is 0. The van der Waals surface area contributed by atoms with Gasteiger partial charge in [-0.3, -0.25) is 9.78 Å². The van der Waals surface area contributed by atoms with Gasteiger partial charge in [0.05, 0.1) is 6.20 Å². The fourth-order valence-electron chi connectivity index (χ4n) is 1.15. The zero-order valence-corrected chi connectivity index (χ0v) is 10.4. The molecule has 1 heterocycles. The molecule has 0 unspecified atom stereocenters. The lowest BCUT2D eigenvalue weighted by Crippen LogP contribution is -2.12. The first-order chi connectivity index (χ1) is 7.75. The van der Waals surface area contributed by atoms with Crippen molar-refractivity contribution in [3.63, 3.8) is 0 Å². The van der Waals surface area contributed by atoms with E-state index in [1.807, 2.05) is 12.1 Å². The van der Waals surface area contributed by atoms with Gasteiger partial charge < -0.3 is 5.32 Å². The standard InChI is InChI=1S/C11H8IN3O/c12-9-3-1-8(2-4-9)11(16)15-10-7-13-5-6-14-10/h1-7H,(H,14,15,16). The Morgan fingerprint density at radius 1 is 1.19 bits per heavy atom. The first-order valence-corrected chi connectivity index (χ1v) is 5.66. The Balaban J connectivity index is 2.12. The van der Waals surface area contributed by atoms with E-state index in [1.165, 1.54) is 12.4 Å². The summed E-state index contributed by atoms with van der Waals surface area (Å²) < 4.78 is 1.09. The van der Waals surface area contributed by atoms with Gasteiger partial charge in [-0.15, -0.1) is 0 Å². The number of nitrogens with zero attached hydrogens (tertiary/aromatic N) is 2. The van der Waals surface area contributed by atoms with E-state index in [0.717, 1.165) is 3.57 Å². The third-order valence-electron chi connectivity index (χ3n) is 1.91. The van der Waals surface area contributed by atoms with Crippen molar-refractivity contribution in [3.8, 4) is 0 Å². The van der Waals surface area contributed by atoms with Crippen LogP contribution in [0.5, 0.6) is 0 Å². The van der Waals surface area contributed by atoms with Crippen LogP contribution in [0.3, 0.4) is 0 Å². The van der Waals surface area contributed by atoms with Gasteiger partial charge >= 0.3 is 0 Å². The summed E-state index contributed by atoms with van der Waals surface area (Å²) in [5.74, 6) is 0.267.